The maximum Gasteiger partial charge on any atom is 0.313 e. The molecule has 1 aliphatic carbocycles. The first kappa shape index (κ1) is 19.5. The van der Waals surface area contributed by atoms with Crippen molar-refractivity contribution in [3.63, 3.8) is 0 Å². The number of hydrogen-bond donors (Lipinski definition) is 2. The lowest BCUT2D eigenvalue weighted by Gasteiger charge is -2.30. The zero-order chi connectivity index (χ0) is 20.4. The van der Waals surface area contributed by atoms with Gasteiger partial charge in [0.15, 0.2) is 0 Å². The van der Waals surface area contributed by atoms with Crippen LogP contribution >= 0.6 is 11.6 Å². The summed E-state index contributed by atoms with van der Waals surface area (Å²) in [4.78, 5) is 38.7. The van der Waals surface area contributed by atoms with E-state index >= 15 is 0 Å². The number of carbonyl (C=O) groups excluding carboxylic acids is 3. The number of benzene rings is 2. The van der Waals surface area contributed by atoms with E-state index < -0.39 is 11.8 Å². The number of rotatable bonds is 4. The molecule has 0 atom stereocenters. The summed E-state index contributed by atoms with van der Waals surface area (Å²) in [5.74, 6) is -1.06. The molecule has 3 amide bonds. The van der Waals surface area contributed by atoms with Gasteiger partial charge < -0.3 is 15.5 Å². The van der Waals surface area contributed by atoms with Crippen molar-refractivity contribution in [1.82, 2.24) is 5.32 Å². The molecular weight excluding hydrogens is 390 g/mol. The molecule has 0 unspecified atom stereocenters. The fraction of sp³-hybridized carbons (Fsp3) is 0.318. The van der Waals surface area contributed by atoms with Crippen molar-refractivity contribution in [2.45, 2.75) is 32.2 Å². The van der Waals surface area contributed by atoms with Crippen LogP contribution in [0.1, 0.15) is 30.4 Å². The lowest BCUT2D eigenvalue weighted by atomic mass is 10.0. The third kappa shape index (κ3) is 4.59. The third-order valence-electron chi connectivity index (χ3n) is 5.22. The quantitative estimate of drug-likeness (QED) is 0.758. The van der Waals surface area contributed by atoms with E-state index in [0.717, 1.165) is 49.0 Å². The summed E-state index contributed by atoms with van der Waals surface area (Å²) in [7, 11) is 0. The number of amides is 3. The van der Waals surface area contributed by atoms with Crippen LogP contribution in [0.3, 0.4) is 0 Å². The molecule has 1 fully saturated rings. The zero-order valence-electron chi connectivity index (χ0n) is 15.9. The Morgan fingerprint density at radius 1 is 1.03 bits per heavy atom. The second kappa shape index (κ2) is 8.25. The van der Waals surface area contributed by atoms with Gasteiger partial charge in [0.2, 0.25) is 5.91 Å². The van der Waals surface area contributed by atoms with Gasteiger partial charge in [0.05, 0.1) is 0 Å². The maximum absolute atomic E-state index is 12.5. The highest BCUT2D eigenvalue weighted by molar-refractivity contribution is 6.39. The Hall–Kier alpha value is -2.86. The number of halogens is 1. The highest BCUT2D eigenvalue weighted by Gasteiger charge is 2.35. The number of anilines is 2. The van der Waals surface area contributed by atoms with E-state index in [-0.39, 0.29) is 18.4 Å². The minimum atomic E-state index is -0.722. The summed E-state index contributed by atoms with van der Waals surface area (Å²) in [6, 6.07) is 12.5. The van der Waals surface area contributed by atoms with Gasteiger partial charge in [-0.25, -0.2) is 0 Å². The molecule has 2 aromatic carbocycles. The van der Waals surface area contributed by atoms with Crippen LogP contribution in [-0.4, -0.2) is 24.3 Å². The molecule has 1 heterocycles. The number of hydrogen-bond acceptors (Lipinski definition) is 3. The second-order valence-corrected chi connectivity index (χ2v) is 7.91. The summed E-state index contributed by atoms with van der Waals surface area (Å²) >= 11 is 5.84. The lowest BCUT2D eigenvalue weighted by molar-refractivity contribution is -0.136. The van der Waals surface area contributed by atoms with Crippen LogP contribution in [0.4, 0.5) is 11.4 Å². The normalized spacial score (nSPS) is 15.4. The van der Waals surface area contributed by atoms with Crippen LogP contribution in [-0.2, 0) is 27.3 Å². The molecule has 2 aromatic rings. The van der Waals surface area contributed by atoms with Crippen molar-refractivity contribution >= 4 is 40.7 Å². The van der Waals surface area contributed by atoms with Crippen LogP contribution < -0.4 is 15.5 Å². The molecule has 29 heavy (non-hydrogen) atoms. The molecule has 6 nitrogen and oxygen atoms in total. The Bertz CT molecular complexity index is 954. The predicted molar refractivity (Wildman–Crippen MR) is 112 cm³/mol. The van der Waals surface area contributed by atoms with E-state index in [0.29, 0.717) is 10.7 Å². The van der Waals surface area contributed by atoms with E-state index in [4.69, 9.17) is 11.6 Å². The SMILES string of the molecule is O=C(NCc1ccc(Cl)cc1)C(=O)Nc1ccc2c(c1)CCCN2C(=O)C1CC1. The Labute approximate surface area is 174 Å². The Kier molecular flexibility index (Phi) is 5.53. The van der Waals surface area contributed by atoms with Crippen LogP contribution in [0.15, 0.2) is 42.5 Å². The van der Waals surface area contributed by atoms with Crippen LogP contribution in [0.25, 0.3) is 0 Å². The Balaban J connectivity index is 1.37. The average molecular weight is 412 g/mol. The van der Waals surface area contributed by atoms with Crippen molar-refractivity contribution < 1.29 is 14.4 Å². The van der Waals surface area contributed by atoms with Gasteiger partial charge in [0.25, 0.3) is 0 Å². The minimum Gasteiger partial charge on any atom is -0.344 e. The van der Waals surface area contributed by atoms with Crippen molar-refractivity contribution in [1.29, 1.82) is 0 Å². The molecule has 150 valence electrons. The van der Waals surface area contributed by atoms with Gasteiger partial charge in [0.1, 0.15) is 0 Å². The van der Waals surface area contributed by atoms with Gasteiger partial charge in [-0.1, -0.05) is 23.7 Å². The number of nitrogens with zero attached hydrogens (tertiary/aromatic N) is 1. The van der Waals surface area contributed by atoms with Gasteiger partial charge in [-0.05, 0) is 67.1 Å². The van der Waals surface area contributed by atoms with Crippen LogP contribution in [0.2, 0.25) is 5.02 Å². The van der Waals surface area contributed by atoms with E-state index in [2.05, 4.69) is 10.6 Å². The van der Waals surface area contributed by atoms with Gasteiger partial charge in [-0.2, -0.15) is 0 Å². The Morgan fingerprint density at radius 2 is 1.79 bits per heavy atom. The van der Waals surface area contributed by atoms with E-state index in [1.165, 1.54) is 0 Å². The fourth-order valence-corrected chi connectivity index (χ4v) is 3.63. The largest absolute Gasteiger partial charge is 0.344 e. The molecular formula is C22H22ClN3O3. The standard InChI is InChI=1S/C22H22ClN3O3/c23-17-7-3-14(4-8-17)13-24-20(27)21(28)25-18-9-10-19-16(12-18)2-1-11-26(19)22(29)15-5-6-15/h3-4,7-10,12,15H,1-2,5-6,11,13H2,(H,24,27)(H,25,28). The van der Waals surface area contributed by atoms with Gasteiger partial charge in [-0.15, -0.1) is 0 Å². The molecule has 1 aliphatic heterocycles. The highest BCUT2D eigenvalue weighted by atomic mass is 35.5. The molecule has 2 N–H and O–H groups in total. The molecule has 0 radical (unpaired) electrons. The van der Waals surface area contributed by atoms with E-state index in [9.17, 15) is 14.4 Å². The lowest BCUT2D eigenvalue weighted by Crippen LogP contribution is -2.37. The van der Waals surface area contributed by atoms with Crippen LogP contribution in [0.5, 0.6) is 0 Å². The number of fused-ring (bicyclic) bond motifs is 1. The molecule has 0 bridgehead atoms. The first-order chi connectivity index (χ1) is 14.0. The van der Waals surface area contributed by atoms with Crippen molar-refractivity contribution in [2.24, 2.45) is 5.92 Å². The maximum atomic E-state index is 12.5. The molecule has 0 aromatic heterocycles. The number of nitrogens with one attached hydrogen (secondary N) is 2. The first-order valence-corrected chi connectivity index (χ1v) is 10.2. The van der Waals surface area contributed by atoms with Crippen molar-refractivity contribution in [3.05, 3.63) is 58.6 Å². The zero-order valence-corrected chi connectivity index (χ0v) is 16.7. The highest BCUT2D eigenvalue weighted by Crippen LogP contribution is 2.36. The smallest absolute Gasteiger partial charge is 0.313 e. The number of aryl methyl sites for hydroxylation is 1. The molecule has 0 saturated heterocycles. The molecule has 7 heteroatoms. The number of carbonyl (C=O) groups is 3. The molecule has 4 rings (SSSR count). The summed E-state index contributed by atoms with van der Waals surface area (Å²) < 4.78 is 0. The van der Waals surface area contributed by atoms with Gasteiger partial charge >= 0.3 is 11.8 Å². The Morgan fingerprint density at radius 3 is 2.52 bits per heavy atom. The molecule has 1 saturated carbocycles. The second-order valence-electron chi connectivity index (χ2n) is 7.47. The van der Waals surface area contributed by atoms with Crippen molar-refractivity contribution in [3.8, 4) is 0 Å². The fourth-order valence-electron chi connectivity index (χ4n) is 3.51. The summed E-state index contributed by atoms with van der Waals surface area (Å²) in [6.07, 6.45) is 3.69. The van der Waals surface area contributed by atoms with Crippen molar-refractivity contribution in [2.75, 3.05) is 16.8 Å². The average Bonchev–Trinajstić information content (AvgIpc) is 3.57. The van der Waals surface area contributed by atoms with E-state index in [1.807, 2.05) is 17.0 Å². The monoisotopic (exact) mass is 411 g/mol. The van der Waals surface area contributed by atoms with Gasteiger partial charge in [-0.3, -0.25) is 14.4 Å². The van der Waals surface area contributed by atoms with E-state index in [1.54, 1.807) is 30.3 Å². The predicted octanol–water partition coefficient (Wildman–Crippen LogP) is 3.28. The van der Waals surface area contributed by atoms with Crippen LogP contribution in [0, 0.1) is 5.92 Å². The molecule has 0 spiro atoms. The summed E-state index contributed by atoms with van der Waals surface area (Å²) in [5.41, 5.74) is 3.34. The first-order valence-electron chi connectivity index (χ1n) is 9.79. The molecule has 2 aliphatic rings. The topological polar surface area (TPSA) is 78.5 Å². The third-order valence-corrected chi connectivity index (χ3v) is 5.47. The summed E-state index contributed by atoms with van der Waals surface area (Å²) in [5, 5.41) is 5.85. The van der Waals surface area contributed by atoms with Gasteiger partial charge in [0, 0.05) is 35.4 Å². The minimum absolute atomic E-state index is 0.171. The summed E-state index contributed by atoms with van der Waals surface area (Å²) in [6.45, 7) is 0.979.